The number of thioether (sulfide) groups is 1. The quantitative estimate of drug-likeness (QED) is 0.805. The zero-order chi connectivity index (χ0) is 15.5. The fourth-order valence-electron chi connectivity index (χ4n) is 1.92. The van der Waals surface area contributed by atoms with Gasteiger partial charge in [-0.15, -0.1) is 15.3 Å². The normalized spacial score (nSPS) is 18.5. The highest BCUT2D eigenvalue weighted by atomic mass is 32.2. The number of amides is 1. The molecule has 1 amide bonds. The minimum absolute atomic E-state index is 0.100. The molecule has 0 radical (unpaired) electrons. The molecule has 8 heteroatoms. The molecular formula is C14H14N6OS. The number of hydrogen-bond donors (Lipinski definition) is 0. The van der Waals surface area contributed by atoms with Crippen LogP contribution in [-0.4, -0.2) is 44.9 Å². The summed E-state index contributed by atoms with van der Waals surface area (Å²) in [6.07, 6.45) is 4.75. The van der Waals surface area contributed by atoms with Gasteiger partial charge in [0.2, 0.25) is 5.17 Å². The monoisotopic (exact) mass is 314 g/mol. The molecule has 3 rings (SSSR count). The van der Waals surface area contributed by atoms with Gasteiger partial charge in [0.1, 0.15) is 12.7 Å². The Balaban J connectivity index is 2.04. The molecule has 0 saturated carbocycles. The van der Waals surface area contributed by atoms with E-state index in [0.717, 1.165) is 5.69 Å². The number of carbonyl (C=O) groups is 1. The SMILES string of the molecule is CN(C)C=C1SC(=Nn2cnnc2)N(c2ccccc2)C1=O. The summed E-state index contributed by atoms with van der Waals surface area (Å²) in [5, 5.41) is 12.4. The molecule has 1 saturated heterocycles. The third-order valence-electron chi connectivity index (χ3n) is 2.80. The fraction of sp³-hybridized carbons (Fsp3) is 0.143. The standard InChI is InChI=1S/C14H14N6OS/c1-18(2)8-12-13(21)20(11-6-4-3-5-7-11)14(22-12)17-19-9-15-16-10-19/h3-10H,1-2H3. The van der Waals surface area contributed by atoms with E-state index in [1.54, 1.807) is 11.1 Å². The zero-order valence-electron chi connectivity index (χ0n) is 12.1. The van der Waals surface area contributed by atoms with Crippen molar-refractivity contribution in [3.05, 3.63) is 54.1 Å². The molecule has 7 nitrogen and oxygen atoms in total. The summed E-state index contributed by atoms with van der Waals surface area (Å²) in [5.74, 6) is -0.100. The van der Waals surface area contributed by atoms with E-state index in [1.165, 1.54) is 29.1 Å². The number of rotatable bonds is 3. The van der Waals surface area contributed by atoms with Crippen LogP contribution in [0.2, 0.25) is 0 Å². The third kappa shape index (κ3) is 2.86. The van der Waals surface area contributed by atoms with Crippen LogP contribution in [0.4, 0.5) is 5.69 Å². The van der Waals surface area contributed by atoms with E-state index in [4.69, 9.17) is 0 Å². The predicted molar refractivity (Wildman–Crippen MR) is 86.1 cm³/mol. The number of aromatic nitrogens is 3. The molecule has 1 aliphatic rings. The van der Waals surface area contributed by atoms with Crippen molar-refractivity contribution in [2.24, 2.45) is 5.10 Å². The Labute approximate surface area is 131 Å². The van der Waals surface area contributed by atoms with Crippen molar-refractivity contribution in [3.8, 4) is 0 Å². The van der Waals surface area contributed by atoms with E-state index in [0.29, 0.717) is 10.1 Å². The van der Waals surface area contributed by atoms with E-state index < -0.39 is 0 Å². The molecule has 0 unspecified atom stereocenters. The number of anilines is 1. The molecular weight excluding hydrogens is 300 g/mol. The van der Waals surface area contributed by atoms with E-state index in [9.17, 15) is 4.79 Å². The van der Waals surface area contributed by atoms with Gasteiger partial charge < -0.3 is 4.90 Å². The lowest BCUT2D eigenvalue weighted by Crippen LogP contribution is -2.29. The highest BCUT2D eigenvalue weighted by Gasteiger charge is 2.35. The molecule has 1 fully saturated rings. The van der Waals surface area contributed by atoms with Crippen molar-refractivity contribution in [2.75, 3.05) is 19.0 Å². The van der Waals surface area contributed by atoms with E-state index >= 15 is 0 Å². The second-order valence-electron chi connectivity index (χ2n) is 4.76. The Bertz CT molecular complexity index is 723. The van der Waals surface area contributed by atoms with Crippen molar-refractivity contribution in [1.82, 2.24) is 19.8 Å². The van der Waals surface area contributed by atoms with Crippen LogP contribution in [0, 0.1) is 0 Å². The van der Waals surface area contributed by atoms with Crippen LogP contribution in [0.15, 0.2) is 59.2 Å². The Morgan fingerprint density at radius 3 is 2.50 bits per heavy atom. The van der Waals surface area contributed by atoms with Gasteiger partial charge in [0.05, 0.1) is 10.6 Å². The number of hydrogen-bond acceptors (Lipinski definition) is 6. The maximum absolute atomic E-state index is 12.7. The molecule has 0 N–H and O–H groups in total. The minimum Gasteiger partial charge on any atom is -0.382 e. The van der Waals surface area contributed by atoms with Crippen LogP contribution in [-0.2, 0) is 4.79 Å². The van der Waals surface area contributed by atoms with Gasteiger partial charge in [0.15, 0.2) is 0 Å². The zero-order valence-corrected chi connectivity index (χ0v) is 12.9. The minimum atomic E-state index is -0.100. The van der Waals surface area contributed by atoms with Gasteiger partial charge in [0, 0.05) is 20.3 Å². The van der Waals surface area contributed by atoms with Crippen LogP contribution in [0.5, 0.6) is 0 Å². The summed E-state index contributed by atoms with van der Waals surface area (Å²) in [5.41, 5.74) is 0.772. The van der Waals surface area contributed by atoms with Crippen LogP contribution in [0.3, 0.4) is 0 Å². The van der Waals surface area contributed by atoms with E-state index in [1.807, 2.05) is 49.3 Å². The highest BCUT2D eigenvalue weighted by molar-refractivity contribution is 8.19. The second kappa shape index (κ2) is 6.02. The summed E-state index contributed by atoms with van der Waals surface area (Å²) in [6, 6.07) is 9.43. The largest absolute Gasteiger partial charge is 0.382 e. The second-order valence-corrected chi connectivity index (χ2v) is 5.77. The molecule has 2 heterocycles. The first-order valence-electron chi connectivity index (χ1n) is 6.54. The maximum atomic E-state index is 12.7. The lowest BCUT2D eigenvalue weighted by Gasteiger charge is -2.15. The van der Waals surface area contributed by atoms with E-state index in [-0.39, 0.29) is 5.91 Å². The van der Waals surface area contributed by atoms with Crippen molar-refractivity contribution in [3.63, 3.8) is 0 Å². The molecule has 22 heavy (non-hydrogen) atoms. The third-order valence-corrected chi connectivity index (χ3v) is 3.75. The molecule has 1 aliphatic heterocycles. The summed E-state index contributed by atoms with van der Waals surface area (Å²) in [6.45, 7) is 0. The van der Waals surface area contributed by atoms with Crippen molar-refractivity contribution < 1.29 is 4.79 Å². The molecule has 0 spiro atoms. The number of carbonyl (C=O) groups excluding carboxylic acids is 1. The van der Waals surface area contributed by atoms with Crippen LogP contribution in [0.1, 0.15) is 0 Å². The summed E-state index contributed by atoms with van der Waals surface area (Å²) in [4.78, 5) is 16.7. The van der Waals surface area contributed by atoms with Crippen LogP contribution in [0.25, 0.3) is 0 Å². The highest BCUT2D eigenvalue weighted by Crippen LogP contribution is 2.34. The number of nitrogens with zero attached hydrogens (tertiary/aromatic N) is 6. The first-order chi connectivity index (χ1) is 10.6. The Kier molecular flexibility index (Phi) is 3.92. The molecule has 0 atom stereocenters. The lowest BCUT2D eigenvalue weighted by atomic mass is 10.3. The van der Waals surface area contributed by atoms with Crippen molar-refractivity contribution >= 4 is 28.5 Å². The summed E-state index contributed by atoms with van der Waals surface area (Å²) >= 11 is 1.32. The maximum Gasteiger partial charge on any atom is 0.272 e. The molecule has 2 aromatic rings. The van der Waals surface area contributed by atoms with Gasteiger partial charge >= 0.3 is 0 Å². The Morgan fingerprint density at radius 2 is 1.86 bits per heavy atom. The smallest absolute Gasteiger partial charge is 0.272 e. The number of benzene rings is 1. The molecule has 0 bridgehead atoms. The van der Waals surface area contributed by atoms with E-state index in [2.05, 4.69) is 15.3 Å². The molecule has 1 aromatic heterocycles. The fourth-order valence-corrected chi connectivity index (χ4v) is 2.97. The molecule has 1 aromatic carbocycles. The van der Waals surface area contributed by atoms with Gasteiger partial charge in [-0.05, 0) is 23.9 Å². The summed E-state index contributed by atoms with van der Waals surface area (Å²) in [7, 11) is 3.76. The summed E-state index contributed by atoms with van der Waals surface area (Å²) < 4.78 is 1.48. The topological polar surface area (TPSA) is 66.6 Å². The van der Waals surface area contributed by atoms with Gasteiger partial charge in [-0.2, -0.15) is 0 Å². The van der Waals surface area contributed by atoms with Gasteiger partial charge in [-0.25, -0.2) is 4.68 Å². The average Bonchev–Trinajstić information content (AvgIpc) is 3.09. The van der Waals surface area contributed by atoms with Crippen molar-refractivity contribution in [2.45, 2.75) is 0 Å². The van der Waals surface area contributed by atoms with Gasteiger partial charge in [-0.3, -0.25) is 9.69 Å². The van der Waals surface area contributed by atoms with Gasteiger partial charge in [0.25, 0.3) is 5.91 Å². The molecule has 112 valence electrons. The lowest BCUT2D eigenvalue weighted by molar-refractivity contribution is -0.113. The first-order valence-corrected chi connectivity index (χ1v) is 7.36. The predicted octanol–water partition coefficient (Wildman–Crippen LogP) is 1.58. The molecule has 0 aliphatic carbocycles. The van der Waals surface area contributed by atoms with Crippen LogP contribution >= 0.6 is 11.8 Å². The average molecular weight is 314 g/mol. The number of amidine groups is 1. The first kappa shape index (κ1) is 14.3. The number of para-hydroxylation sites is 1. The Hall–Kier alpha value is -2.61. The Morgan fingerprint density at radius 1 is 1.18 bits per heavy atom. The van der Waals surface area contributed by atoms with Crippen molar-refractivity contribution in [1.29, 1.82) is 0 Å². The van der Waals surface area contributed by atoms with Crippen LogP contribution < -0.4 is 4.90 Å². The van der Waals surface area contributed by atoms with Gasteiger partial charge in [-0.1, -0.05) is 18.2 Å².